The number of benzene rings is 1. The van der Waals surface area contributed by atoms with E-state index >= 15 is 0 Å². The van der Waals surface area contributed by atoms with Crippen molar-refractivity contribution < 1.29 is 19.1 Å². The number of ether oxygens (including phenoxy) is 2. The van der Waals surface area contributed by atoms with E-state index in [1.54, 1.807) is 18.2 Å². The van der Waals surface area contributed by atoms with Gasteiger partial charge in [0.2, 0.25) is 5.91 Å². The van der Waals surface area contributed by atoms with Gasteiger partial charge in [-0.2, -0.15) is 0 Å². The van der Waals surface area contributed by atoms with Gasteiger partial charge >= 0.3 is 0 Å². The van der Waals surface area contributed by atoms with Crippen LogP contribution in [0, 0.1) is 0 Å². The molecule has 3 rings (SSSR count). The molecule has 0 saturated heterocycles. The molecule has 8 heteroatoms. The maximum absolute atomic E-state index is 12.4. The van der Waals surface area contributed by atoms with E-state index in [9.17, 15) is 9.59 Å². The Kier molecular flexibility index (Phi) is 6.08. The first-order valence-corrected chi connectivity index (χ1v) is 9.28. The van der Waals surface area contributed by atoms with Crippen LogP contribution in [0.4, 0.5) is 11.4 Å². The van der Waals surface area contributed by atoms with E-state index in [1.807, 2.05) is 18.5 Å². The van der Waals surface area contributed by atoms with Gasteiger partial charge in [0.05, 0.1) is 16.3 Å². The summed E-state index contributed by atoms with van der Waals surface area (Å²) in [6.07, 6.45) is 1.11. The molecule has 0 atom stereocenters. The van der Waals surface area contributed by atoms with Gasteiger partial charge in [0.15, 0.2) is 11.5 Å². The second-order valence-electron chi connectivity index (χ2n) is 5.73. The SMILES string of the molecule is CNCCCC(=O)Nc1cc2c(cc1NC(=O)c1cccs1)OCCO2. The molecule has 0 bridgehead atoms. The quantitative estimate of drug-likeness (QED) is 0.648. The Bertz CT molecular complexity index is 777. The minimum atomic E-state index is -0.234. The highest BCUT2D eigenvalue weighted by molar-refractivity contribution is 7.12. The number of carbonyl (C=O) groups excluding carboxylic acids is 2. The number of anilines is 2. The smallest absolute Gasteiger partial charge is 0.265 e. The van der Waals surface area contributed by atoms with Gasteiger partial charge in [-0.25, -0.2) is 0 Å². The Morgan fingerprint density at radius 3 is 2.42 bits per heavy atom. The summed E-state index contributed by atoms with van der Waals surface area (Å²) in [6, 6.07) is 6.93. The van der Waals surface area contributed by atoms with Crippen molar-refractivity contribution in [1.29, 1.82) is 0 Å². The summed E-state index contributed by atoms with van der Waals surface area (Å²) in [7, 11) is 1.84. The fourth-order valence-electron chi connectivity index (χ4n) is 2.53. The minimum absolute atomic E-state index is 0.122. The maximum Gasteiger partial charge on any atom is 0.265 e. The van der Waals surface area contributed by atoms with Gasteiger partial charge in [-0.05, 0) is 31.5 Å². The predicted molar refractivity (Wildman–Crippen MR) is 101 cm³/mol. The van der Waals surface area contributed by atoms with Gasteiger partial charge in [-0.1, -0.05) is 6.07 Å². The summed E-state index contributed by atoms with van der Waals surface area (Å²) in [5.74, 6) is 0.743. The van der Waals surface area contributed by atoms with Crippen LogP contribution in [0.25, 0.3) is 0 Å². The second kappa shape index (κ2) is 8.68. The van der Waals surface area contributed by atoms with E-state index in [2.05, 4.69) is 16.0 Å². The third kappa shape index (κ3) is 4.53. The molecule has 3 N–H and O–H groups in total. The van der Waals surface area contributed by atoms with Crippen LogP contribution in [0.2, 0.25) is 0 Å². The van der Waals surface area contributed by atoms with Gasteiger partial charge in [-0.15, -0.1) is 11.3 Å². The summed E-state index contributed by atoms with van der Waals surface area (Å²) in [5.41, 5.74) is 0.975. The lowest BCUT2D eigenvalue weighted by molar-refractivity contribution is -0.116. The van der Waals surface area contributed by atoms with E-state index in [4.69, 9.17) is 9.47 Å². The van der Waals surface area contributed by atoms with Crippen molar-refractivity contribution in [3.8, 4) is 11.5 Å². The molecular weight excluding hydrogens is 354 g/mol. The zero-order chi connectivity index (χ0) is 18.4. The average molecular weight is 375 g/mol. The molecule has 1 aromatic heterocycles. The third-order valence-electron chi connectivity index (χ3n) is 3.78. The summed E-state index contributed by atoms with van der Waals surface area (Å²) < 4.78 is 11.2. The molecule has 0 radical (unpaired) electrons. The Hall–Kier alpha value is -2.58. The van der Waals surface area contributed by atoms with Crippen LogP contribution in [0.3, 0.4) is 0 Å². The van der Waals surface area contributed by atoms with Crippen LogP contribution in [-0.2, 0) is 4.79 Å². The molecule has 2 amide bonds. The fraction of sp³-hybridized carbons (Fsp3) is 0.333. The zero-order valence-corrected chi connectivity index (χ0v) is 15.3. The van der Waals surface area contributed by atoms with E-state index in [-0.39, 0.29) is 11.8 Å². The highest BCUT2D eigenvalue weighted by atomic mass is 32.1. The predicted octanol–water partition coefficient (Wildman–Crippen LogP) is 2.71. The van der Waals surface area contributed by atoms with E-state index < -0.39 is 0 Å². The lowest BCUT2D eigenvalue weighted by Crippen LogP contribution is -2.20. The lowest BCUT2D eigenvalue weighted by Gasteiger charge is -2.21. The Balaban J connectivity index is 1.80. The largest absolute Gasteiger partial charge is 0.486 e. The summed E-state index contributed by atoms with van der Waals surface area (Å²) in [5, 5.41) is 10.5. The molecular formula is C18H21N3O4S. The molecule has 0 aliphatic carbocycles. The van der Waals surface area contributed by atoms with Gasteiger partial charge in [0.1, 0.15) is 13.2 Å². The number of hydrogen-bond acceptors (Lipinski definition) is 6. The molecule has 138 valence electrons. The normalized spacial score (nSPS) is 12.5. The van der Waals surface area contributed by atoms with Crippen LogP contribution in [0.5, 0.6) is 11.5 Å². The van der Waals surface area contributed by atoms with Gasteiger partial charge in [-0.3, -0.25) is 9.59 Å². The highest BCUT2D eigenvalue weighted by Crippen LogP contribution is 2.38. The van der Waals surface area contributed by atoms with Crippen molar-refractivity contribution in [1.82, 2.24) is 5.32 Å². The Morgan fingerprint density at radius 2 is 1.81 bits per heavy atom. The van der Waals surface area contributed by atoms with Gasteiger partial charge < -0.3 is 25.4 Å². The van der Waals surface area contributed by atoms with Crippen molar-refractivity contribution >= 4 is 34.5 Å². The number of fused-ring (bicyclic) bond motifs is 1. The van der Waals surface area contributed by atoms with Crippen molar-refractivity contribution in [2.75, 3.05) is 37.4 Å². The molecule has 0 unspecified atom stereocenters. The maximum atomic E-state index is 12.4. The summed E-state index contributed by atoms with van der Waals surface area (Å²) in [4.78, 5) is 25.2. The van der Waals surface area contributed by atoms with Gasteiger partial charge in [0, 0.05) is 18.6 Å². The topological polar surface area (TPSA) is 88.7 Å². The van der Waals surface area contributed by atoms with Crippen molar-refractivity contribution in [2.45, 2.75) is 12.8 Å². The number of carbonyl (C=O) groups is 2. The van der Waals surface area contributed by atoms with Crippen molar-refractivity contribution in [3.63, 3.8) is 0 Å². The van der Waals surface area contributed by atoms with E-state index in [0.29, 0.717) is 47.4 Å². The fourth-order valence-corrected chi connectivity index (χ4v) is 3.14. The highest BCUT2D eigenvalue weighted by Gasteiger charge is 2.19. The van der Waals surface area contributed by atoms with Crippen LogP contribution in [-0.4, -0.2) is 38.6 Å². The molecule has 0 spiro atoms. The van der Waals surface area contributed by atoms with Gasteiger partial charge in [0.25, 0.3) is 5.91 Å². The minimum Gasteiger partial charge on any atom is -0.486 e. The standard InChI is InChI=1S/C18H21N3O4S/c1-19-6-2-5-17(22)20-12-10-14-15(25-8-7-24-14)11-13(12)21-18(23)16-4-3-9-26-16/h3-4,9-11,19H,2,5-8H2,1H3,(H,20,22)(H,21,23). The van der Waals surface area contributed by atoms with Crippen LogP contribution >= 0.6 is 11.3 Å². The monoisotopic (exact) mass is 375 g/mol. The third-order valence-corrected chi connectivity index (χ3v) is 4.65. The van der Waals surface area contributed by atoms with E-state index in [0.717, 1.165) is 13.0 Å². The first-order chi connectivity index (χ1) is 12.7. The number of amides is 2. The first-order valence-electron chi connectivity index (χ1n) is 8.40. The number of nitrogens with one attached hydrogen (secondary N) is 3. The Labute approximate surface area is 155 Å². The summed E-state index contributed by atoms with van der Waals surface area (Å²) in [6.45, 7) is 1.65. The molecule has 1 aromatic carbocycles. The molecule has 26 heavy (non-hydrogen) atoms. The van der Waals surface area contributed by atoms with Crippen LogP contribution < -0.4 is 25.4 Å². The molecule has 1 aliphatic heterocycles. The zero-order valence-electron chi connectivity index (χ0n) is 14.5. The molecule has 7 nitrogen and oxygen atoms in total. The molecule has 2 aromatic rings. The molecule has 1 aliphatic rings. The average Bonchev–Trinajstić information content (AvgIpc) is 3.17. The van der Waals surface area contributed by atoms with Crippen LogP contribution in [0.1, 0.15) is 22.5 Å². The summed E-state index contributed by atoms with van der Waals surface area (Å²) >= 11 is 1.35. The number of thiophene rings is 1. The number of hydrogen-bond donors (Lipinski definition) is 3. The lowest BCUT2D eigenvalue weighted by atomic mass is 10.2. The molecule has 2 heterocycles. The van der Waals surface area contributed by atoms with Crippen molar-refractivity contribution in [2.24, 2.45) is 0 Å². The first kappa shape index (κ1) is 18.2. The number of rotatable bonds is 7. The van der Waals surface area contributed by atoms with Crippen molar-refractivity contribution in [3.05, 3.63) is 34.5 Å². The van der Waals surface area contributed by atoms with E-state index in [1.165, 1.54) is 11.3 Å². The second-order valence-corrected chi connectivity index (χ2v) is 6.68. The Morgan fingerprint density at radius 1 is 1.12 bits per heavy atom. The molecule has 0 saturated carbocycles. The molecule has 0 fully saturated rings. The van der Waals surface area contributed by atoms with Crippen LogP contribution in [0.15, 0.2) is 29.6 Å².